The number of alkyl halides is 1. The van der Waals surface area contributed by atoms with E-state index in [-0.39, 0.29) is 45.0 Å². The molecule has 0 radical (unpaired) electrons. The Labute approximate surface area is 375 Å². The summed E-state index contributed by atoms with van der Waals surface area (Å²) in [5, 5.41) is 48.8. The van der Waals surface area contributed by atoms with Crippen molar-refractivity contribution in [1.29, 1.82) is 0 Å². The number of Topliss-reactive ketones (excluding diaryl/α,β-unsaturated/α-hetero) is 1. The molecule has 0 spiro atoms. The Morgan fingerprint density at radius 2 is 1.92 bits per heavy atom. The number of aromatic nitrogens is 5. The SMILES string of the molecule is CO[C@H]1O[C@H](CO)[C@@H](O)[C@H](O)[C@H]1OC(=O)c1cc(Cl)c(OCc2nc3ccccc3n2CCCc2cn(CCCC(=O)CCC3CCCC(I)SC3NO)nn2)c(Cl)c1C. The number of aryl methyl sites for hydroxylation is 3. The zero-order valence-corrected chi connectivity index (χ0v) is 37.8. The number of para-hydroxylation sites is 2. The number of esters is 1. The van der Waals surface area contributed by atoms with E-state index < -0.39 is 43.3 Å². The minimum atomic E-state index is -1.60. The number of nitrogens with one attached hydrogen (secondary N) is 1. The second kappa shape index (κ2) is 22.1. The molecular formula is C40H51Cl2IN6O10S. The molecule has 3 unspecified atom stereocenters. The third-order valence-corrected chi connectivity index (χ3v) is 14.5. The summed E-state index contributed by atoms with van der Waals surface area (Å²) >= 11 is 17.5. The number of ketones is 1. The van der Waals surface area contributed by atoms with E-state index >= 15 is 0 Å². The number of benzene rings is 2. The third kappa shape index (κ3) is 11.5. The van der Waals surface area contributed by atoms with Gasteiger partial charge in [0.1, 0.15) is 36.5 Å². The number of fused-ring (bicyclic) bond motifs is 1. The molecule has 0 amide bonds. The molecule has 2 fully saturated rings. The molecule has 20 heteroatoms. The smallest absolute Gasteiger partial charge is 0.339 e. The molecule has 0 saturated carbocycles. The van der Waals surface area contributed by atoms with Gasteiger partial charge in [0.2, 0.25) is 0 Å². The van der Waals surface area contributed by atoms with Gasteiger partial charge in [-0.2, -0.15) is 5.48 Å². The number of rotatable bonds is 19. The van der Waals surface area contributed by atoms with Crippen LogP contribution in [0.1, 0.15) is 78.8 Å². The highest BCUT2D eigenvalue weighted by Crippen LogP contribution is 2.40. The van der Waals surface area contributed by atoms with Gasteiger partial charge >= 0.3 is 5.97 Å². The van der Waals surface area contributed by atoms with E-state index in [0.29, 0.717) is 53.4 Å². The van der Waals surface area contributed by atoms with Crippen molar-refractivity contribution in [2.45, 2.75) is 124 Å². The van der Waals surface area contributed by atoms with Crippen molar-refractivity contribution in [3.8, 4) is 5.75 Å². The average Bonchev–Trinajstić information content (AvgIpc) is 3.79. The number of hydrogen-bond donors (Lipinski definition) is 5. The van der Waals surface area contributed by atoms with Crippen LogP contribution in [0.4, 0.5) is 0 Å². The fourth-order valence-electron chi connectivity index (χ4n) is 7.57. The van der Waals surface area contributed by atoms with Crippen molar-refractivity contribution < 1.29 is 49.1 Å². The fourth-order valence-corrected chi connectivity index (χ4v) is 10.7. The van der Waals surface area contributed by atoms with E-state index in [4.69, 9.17) is 47.1 Å². The number of aliphatic hydroxyl groups excluding tert-OH is 3. The summed E-state index contributed by atoms with van der Waals surface area (Å²) in [7, 11) is 1.28. The highest BCUT2D eigenvalue weighted by molar-refractivity contribution is 14.1. The van der Waals surface area contributed by atoms with Gasteiger partial charge in [0.05, 0.1) is 47.6 Å². The Balaban J connectivity index is 1.02. The molecule has 0 bridgehead atoms. The standard InChI is InChI=1S/C40H51Cl2IN6O10S/c1-22-26(39(54)59-37-35(53)34(52)30(20-50)58-40(37)56-2)18-27(41)36(33(22)42)57-21-32-44-28-11-3-4-12-29(28)49(32)17-6-9-24-19-48(47-45-24)16-7-10-25(51)15-14-23-8-5-13-31(43)60-38(23)46-55/h3-4,11-12,18-19,23,30-31,34-35,37-38,40,46,50,52-53,55H,5-10,13-17,20-21H2,1-2H3/t23?,30-,31?,34-,35+,37-,38?,40+/m1/s1. The quantitative estimate of drug-likeness (QED) is 0.0326. The molecule has 2 aromatic carbocycles. The minimum absolute atomic E-state index is 0.000373. The van der Waals surface area contributed by atoms with Gasteiger partial charge in [-0.25, -0.2) is 9.78 Å². The molecule has 2 saturated heterocycles. The van der Waals surface area contributed by atoms with Crippen molar-refractivity contribution in [3.63, 3.8) is 0 Å². The lowest BCUT2D eigenvalue weighted by atomic mass is 9.94. The third-order valence-electron chi connectivity index (χ3n) is 10.9. The maximum Gasteiger partial charge on any atom is 0.339 e. The molecule has 4 heterocycles. The van der Waals surface area contributed by atoms with E-state index in [1.807, 2.05) is 30.5 Å². The molecule has 328 valence electrons. The molecule has 60 heavy (non-hydrogen) atoms. The predicted molar refractivity (Wildman–Crippen MR) is 233 cm³/mol. The summed E-state index contributed by atoms with van der Waals surface area (Å²) in [5.41, 5.74) is 5.31. The normalized spacial score (nSPS) is 24.7. The maximum absolute atomic E-state index is 13.3. The number of halogens is 3. The number of nitrogens with zero attached hydrogens (tertiary/aromatic N) is 5. The fraction of sp³-hybridized carbons (Fsp3) is 0.575. The molecule has 4 aromatic rings. The van der Waals surface area contributed by atoms with Crippen molar-refractivity contribution in [1.82, 2.24) is 30.0 Å². The largest absolute Gasteiger partial charge is 0.483 e. The number of thioether (sulfide) groups is 1. The van der Waals surface area contributed by atoms with Crippen molar-refractivity contribution in [3.05, 3.63) is 69.2 Å². The zero-order valence-electron chi connectivity index (χ0n) is 33.3. The van der Waals surface area contributed by atoms with E-state index in [1.54, 1.807) is 23.4 Å². The number of imidazole rings is 1. The number of hydroxylamine groups is 1. The van der Waals surface area contributed by atoms with E-state index in [0.717, 1.165) is 48.8 Å². The van der Waals surface area contributed by atoms with Crippen LogP contribution in [0.5, 0.6) is 5.75 Å². The maximum atomic E-state index is 13.3. The molecule has 5 N–H and O–H groups in total. The van der Waals surface area contributed by atoms with Gasteiger partial charge < -0.3 is 44.0 Å². The van der Waals surface area contributed by atoms with Crippen LogP contribution in [-0.4, -0.2) is 110 Å². The first-order valence-corrected chi connectivity index (χ1v) is 22.9. The van der Waals surface area contributed by atoms with Gasteiger partial charge in [-0.15, -0.1) is 16.9 Å². The van der Waals surface area contributed by atoms with Crippen LogP contribution >= 0.6 is 57.6 Å². The minimum Gasteiger partial charge on any atom is -0.483 e. The first kappa shape index (κ1) is 46.9. The summed E-state index contributed by atoms with van der Waals surface area (Å²) in [6, 6.07) is 9.10. The molecule has 8 atom stereocenters. The second-order valence-electron chi connectivity index (χ2n) is 15.0. The monoisotopic (exact) mass is 1000 g/mol. The number of aliphatic hydroxyl groups is 3. The summed E-state index contributed by atoms with van der Waals surface area (Å²) in [6.45, 7) is 2.22. The van der Waals surface area contributed by atoms with Gasteiger partial charge in [-0.1, -0.05) is 69.6 Å². The topological polar surface area (TPSA) is 213 Å². The average molecular weight is 1010 g/mol. The summed E-state index contributed by atoms with van der Waals surface area (Å²) < 4.78 is 26.7. The number of hydrogen-bond acceptors (Lipinski definition) is 15. The van der Waals surface area contributed by atoms with Crippen molar-refractivity contribution in [2.24, 2.45) is 5.92 Å². The second-order valence-corrected chi connectivity index (χ2v) is 19.5. The van der Waals surface area contributed by atoms with Gasteiger partial charge in [0.15, 0.2) is 18.1 Å². The van der Waals surface area contributed by atoms with Crippen LogP contribution in [0.15, 0.2) is 36.5 Å². The molecule has 2 aromatic heterocycles. The Morgan fingerprint density at radius 3 is 2.68 bits per heavy atom. The number of carbonyl (C=O) groups excluding carboxylic acids is 2. The van der Waals surface area contributed by atoms with Crippen LogP contribution in [0, 0.1) is 12.8 Å². The summed E-state index contributed by atoms with van der Waals surface area (Å²) in [4.78, 5) is 30.9. The van der Waals surface area contributed by atoms with Gasteiger partial charge in [0.25, 0.3) is 0 Å². The van der Waals surface area contributed by atoms with Gasteiger partial charge in [-0.05, 0) is 75.1 Å². The van der Waals surface area contributed by atoms with Crippen LogP contribution in [0.2, 0.25) is 10.0 Å². The molecule has 2 aliphatic heterocycles. The van der Waals surface area contributed by atoms with Crippen molar-refractivity contribution in [2.75, 3.05) is 13.7 Å². The van der Waals surface area contributed by atoms with Crippen LogP contribution in [-0.2, 0) is 45.1 Å². The lowest BCUT2D eigenvalue weighted by Gasteiger charge is -2.40. The number of carbonyl (C=O) groups is 2. The van der Waals surface area contributed by atoms with Crippen LogP contribution in [0.3, 0.4) is 0 Å². The number of ether oxygens (including phenoxy) is 4. The van der Waals surface area contributed by atoms with Crippen LogP contribution < -0.4 is 10.2 Å². The van der Waals surface area contributed by atoms with E-state index in [9.17, 15) is 30.1 Å². The first-order chi connectivity index (χ1) is 28.9. The van der Waals surface area contributed by atoms with E-state index in [1.165, 1.54) is 13.2 Å². The lowest BCUT2D eigenvalue weighted by molar-refractivity contribution is -0.293. The lowest BCUT2D eigenvalue weighted by Crippen LogP contribution is -2.60. The Hall–Kier alpha value is -2.63. The zero-order chi connectivity index (χ0) is 42.9. The van der Waals surface area contributed by atoms with Gasteiger partial charge in [-0.3, -0.25) is 9.48 Å². The summed E-state index contributed by atoms with van der Waals surface area (Å²) in [5.74, 6) is 0.373. The molecule has 16 nitrogen and oxygen atoms in total. The molecule has 6 rings (SSSR count). The van der Waals surface area contributed by atoms with Gasteiger partial charge in [0, 0.05) is 39.2 Å². The van der Waals surface area contributed by atoms with E-state index in [2.05, 4.69) is 43.0 Å². The number of methoxy groups -OCH3 is 1. The molecular weight excluding hydrogens is 954 g/mol. The Bertz CT molecular complexity index is 2080. The Kier molecular flexibility index (Phi) is 17.3. The molecule has 2 aliphatic rings. The highest BCUT2D eigenvalue weighted by Gasteiger charge is 2.47. The summed E-state index contributed by atoms with van der Waals surface area (Å²) in [6.07, 6.45) is 2.05. The Morgan fingerprint density at radius 1 is 1.12 bits per heavy atom. The van der Waals surface area contributed by atoms with Crippen molar-refractivity contribution >= 4 is 80.3 Å². The highest BCUT2D eigenvalue weighted by atomic mass is 127. The predicted octanol–water partition coefficient (Wildman–Crippen LogP) is 5.79. The first-order valence-electron chi connectivity index (χ1n) is 19.9. The van der Waals surface area contributed by atoms with Crippen LogP contribution in [0.25, 0.3) is 11.0 Å². The molecule has 0 aliphatic carbocycles.